The fourth-order valence-electron chi connectivity index (χ4n) is 2.21. The minimum Gasteiger partial charge on any atom is -0.354 e. The first-order chi connectivity index (χ1) is 10.6. The van der Waals surface area contributed by atoms with E-state index in [4.69, 9.17) is 11.6 Å². The van der Waals surface area contributed by atoms with Gasteiger partial charge in [-0.3, -0.25) is 9.59 Å². The number of rotatable bonds is 5. The highest BCUT2D eigenvalue weighted by atomic mass is 35.5. The third kappa shape index (κ3) is 5.18. The molecule has 2 N–H and O–H groups in total. The lowest BCUT2D eigenvalue weighted by molar-refractivity contribution is -0.127. The van der Waals surface area contributed by atoms with E-state index < -0.39 is 6.04 Å². The molecule has 0 bridgehead atoms. The molecule has 120 valence electrons. The second kappa shape index (κ2) is 8.39. The van der Waals surface area contributed by atoms with Crippen LogP contribution >= 0.6 is 23.4 Å². The molecule has 0 saturated carbocycles. The van der Waals surface area contributed by atoms with E-state index in [0.717, 1.165) is 18.4 Å². The molecule has 1 saturated heterocycles. The molecule has 1 atom stereocenters. The normalized spacial score (nSPS) is 18.5. The largest absolute Gasteiger partial charge is 0.354 e. The van der Waals surface area contributed by atoms with E-state index in [-0.39, 0.29) is 23.4 Å². The van der Waals surface area contributed by atoms with Crippen LogP contribution in [0.1, 0.15) is 24.8 Å². The zero-order valence-electron chi connectivity index (χ0n) is 12.0. The molecule has 0 aliphatic carbocycles. The fraction of sp³-hybridized carbons (Fsp3) is 0.467. The van der Waals surface area contributed by atoms with E-state index in [1.165, 1.54) is 23.9 Å². The van der Waals surface area contributed by atoms with Gasteiger partial charge in [-0.1, -0.05) is 17.7 Å². The molecule has 0 radical (unpaired) electrons. The number of carbonyl (C=O) groups is 2. The van der Waals surface area contributed by atoms with Gasteiger partial charge in [-0.05, 0) is 37.0 Å². The average molecular weight is 345 g/mol. The molecule has 2 amide bonds. The molecule has 1 aromatic carbocycles. The van der Waals surface area contributed by atoms with Crippen LogP contribution in [0.5, 0.6) is 0 Å². The average Bonchev–Trinajstić information content (AvgIpc) is 2.66. The van der Waals surface area contributed by atoms with Crippen molar-refractivity contribution >= 4 is 35.2 Å². The van der Waals surface area contributed by atoms with Gasteiger partial charge >= 0.3 is 0 Å². The smallest absolute Gasteiger partial charge is 0.242 e. The molecule has 0 unspecified atom stereocenters. The molecule has 0 spiro atoms. The summed E-state index contributed by atoms with van der Waals surface area (Å²) in [6, 6.07) is 3.77. The zero-order chi connectivity index (χ0) is 15.9. The highest BCUT2D eigenvalue weighted by molar-refractivity contribution is 7.99. The molecule has 1 aliphatic heterocycles. The van der Waals surface area contributed by atoms with E-state index in [1.54, 1.807) is 6.07 Å². The Morgan fingerprint density at radius 2 is 2.27 bits per heavy atom. The molecule has 7 heteroatoms. The number of amides is 2. The first-order valence-electron chi connectivity index (χ1n) is 7.15. The number of halogens is 2. The van der Waals surface area contributed by atoms with Gasteiger partial charge in [-0.2, -0.15) is 0 Å². The summed E-state index contributed by atoms with van der Waals surface area (Å²) in [5, 5.41) is 5.89. The summed E-state index contributed by atoms with van der Waals surface area (Å²) in [4.78, 5) is 23.6. The Kier molecular flexibility index (Phi) is 6.51. The quantitative estimate of drug-likeness (QED) is 0.862. The Morgan fingerprint density at radius 1 is 1.45 bits per heavy atom. The maximum atomic E-state index is 12.9. The van der Waals surface area contributed by atoms with Gasteiger partial charge in [0.15, 0.2) is 0 Å². The van der Waals surface area contributed by atoms with Crippen LogP contribution in [0.25, 0.3) is 0 Å². The summed E-state index contributed by atoms with van der Waals surface area (Å²) in [6.07, 6.45) is 2.53. The second-order valence-corrected chi connectivity index (χ2v) is 6.53. The Hall–Kier alpha value is -1.27. The highest BCUT2D eigenvalue weighted by Gasteiger charge is 2.22. The first kappa shape index (κ1) is 17.1. The topological polar surface area (TPSA) is 58.2 Å². The lowest BCUT2D eigenvalue weighted by Gasteiger charge is -2.15. The number of hydrogen-bond acceptors (Lipinski definition) is 3. The van der Waals surface area contributed by atoms with Gasteiger partial charge < -0.3 is 10.6 Å². The maximum Gasteiger partial charge on any atom is 0.242 e. The summed E-state index contributed by atoms with van der Waals surface area (Å²) in [6.45, 7) is 0.670. The summed E-state index contributed by atoms with van der Waals surface area (Å²) >= 11 is 7.31. The van der Waals surface area contributed by atoms with Crippen LogP contribution in [0.2, 0.25) is 5.02 Å². The van der Waals surface area contributed by atoms with Crippen LogP contribution in [-0.4, -0.2) is 30.2 Å². The molecule has 1 heterocycles. The first-order valence-corrected chi connectivity index (χ1v) is 8.68. The van der Waals surface area contributed by atoms with E-state index in [0.29, 0.717) is 23.7 Å². The zero-order valence-corrected chi connectivity index (χ0v) is 13.6. The summed E-state index contributed by atoms with van der Waals surface area (Å²) in [5.41, 5.74) is 0.785. The monoisotopic (exact) mass is 344 g/mol. The van der Waals surface area contributed by atoms with E-state index in [9.17, 15) is 14.0 Å². The van der Waals surface area contributed by atoms with Crippen LogP contribution in [-0.2, 0) is 15.3 Å². The molecular weight excluding hydrogens is 327 g/mol. The Balaban J connectivity index is 1.76. The minimum absolute atomic E-state index is 0.113. The summed E-state index contributed by atoms with van der Waals surface area (Å²) in [5.74, 6) is 0.0829. The molecule has 4 nitrogen and oxygen atoms in total. The van der Waals surface area contributed by atoms with E-state index in [2.05, 4.69) is 10.6 Å². The lowest BCUT2D eigenvalue weighted by atomic mass is 10.1. The predicted molar refractivity (Wildman–Crippen MR) is 86.4 cm³/mol. The third-order valence-electron chi connectivity index (χ3n) is 3.38. The Labute approximate surface area is 138 Å². The van der Waals surface area contributed by atoms with Gasteiger partial charge in [-0.15, -0.1) is 11.8 Å². The highest BCUT2D eigenvalue weighted by Crippen LogP contribution is 2.22. The van der Waals surface area contributed by atoms with E-state index >= 15 is 0 Å². The molecule has 1 aromatic rings. The van der Waals surface area contributed by atoms with Crippen LogP contribution in [0.15, 0.2) is 18.2 Å². The number of carbonyl (C=O) groups excluding carboxylic acids is 2. The van der Waals surface area contributed by atoms with Crippen LogP contribution in [0.4, 0.5) is 4.39 Å². The minimum atomic E-state index is -0.440. The van der Waals surface area contributed by atoms with Gasteiger partial charge in [0.05, 0.1) is 5.75 Å². The maximum absolute atomic E-state index is 12.9. The van der Waals surface area contributed by atoms with Crippen molar-refractivity contribution in [3.8, 4) is 0 Å². The van der Waals surface area contributed by atoms with Gasteiger partial charge in [-0.25, -0.2) is 4.39 Å². The molecule has 1 fully saturated rings. The Morgan fingerprint density at radius 3 is 3.05 bits per heavy atom. The lowest BCUT2D eigenvalue weighted by Crippen LogP contribution is -2.46. The number of thioether (sulfide) groups is 1. The molecule has 1 aliphatic rings. The van der Waals surface area contributed by atoms with Crippen LogP contribution in [0.3, 0.4) is 0 Å². The number of benzene rings is 1. The van der Waals surface area contributed by atoms with Crippen molar-refractivity contribution in [2.45, 2.75) is 31.1 Å². The van der Waals surface area contributed by atoms with E-state index in [1.807, 2.05) is 0 Å². The SMILES string of the molecule is O=C(CSCc1ccc(F)cc1Cl)N[C@@H]1CCCCNC1=O. The van der Waals surface area contributed by atoms with Crippen LogP contribution < -0.4 is 10.6 Å². The standard InChI is InChI=1S/C15H18ClFN2O2S/c16-12-7-11(17)5-4-10(12)8-22-9-14(20)19-13-3-1-2-6-18-15(13)21/h4-5,7,13H,1-3,6,8-9H2,(H,18,21)(H,19,20)/t13-/m1/s1. The third-order valence-corrected chi connectivity index (χ3v) is 4.71. The van der Waals surface area contributed by atoms with Crippen molar-refractivity contribution in [3.05, 3.63) is 34.6 Å². The number of hydrogen-bond donors (Lipinski definition) is 2. The molecule has 2 rings (SSSR count). The van der Waals surface area contributed by atoms with Gasteiger partial charge in [0, 0.05) is 17.3 Å². The number of nitrogens with one attached hydrogen (secondary N) is 2. The predicted octanol–water partition coefficient (Wildman–Crippen LogP) is 2.50. The molecule has 0 aromatic heterocycles. The van der Waals surface area contributed by atoms with Crippen molar-refractivity contribution in [1.29, 1.82) is 0 Å². The molecule has 22 heavy (non-hydrogen) atoms. The van der Waals surface area contributed by atoms with Crippen molar-refractivity contribution in [2.75, 3.05) is 12.3 Å². The summed E-state index contributed by atoms with van der Waals surface area (Å²) in [7, 11) is 0. The van der Waals surface area contributed by atoms with Crippen molar-refractivity contribution in [1.82, 2.24) is 10.6 Å². The van der Waals surface area contributed by atoms with Gasteiger partial charge in [0.2, 0.25) is 11.8 Å². The van der Waals surface area contributed by atoms with Crippen molar-refractivity contribution < 1.29 is 14.0 Å². The summed E-state index contributed by atoms with van der Waals surface area (Å²) < 4.78 is 12.9. The van der Waals surface area contributed by atoms with Crippen molar-refractivity contribution in [2.24, 2.45) is 0 Å². The molecular formula is C15H18ClFN2O2S. The van der Waals surface area contributed by atoms with Gasteiger partial charge in [0.1, 0.15) is 11.9 Å². The Bertz CT molecular complexity index is 556. The van der Waals surface area contributed by atoms with Crippen molar-refractivity contribution in [3.63, 3.8) is 0 Å². The van der Waals surface area contributed by atoms with Gasteiger partial charge in [0.25, 0.3) is 0 Å². The second-order valence-electron chi connectivity index (χ2n) is 5.14. The van der Waals surface area contributed by atoms with Crippen LogP contribution in [0, 0.1) is 5.82 Å². The fourth-order valence-corrected chi connectivity index (χ4v) is 3.36.